The molecular formula is C13H18FNO. The van der Waals surface area contributed by atoms with E-state index in [1.54, 1.807) is 12.1 Å². The SMILES string of the molecule is OCc1ccc(F)c(CN2CCCCC2)c1. The molecule has 1 aliphatic rings. The maximum atomic E-state index is 13.6. The molecule has 0 aliphatic carbocycles. The Morgan fingerprint density at radius 2 is 1.94 bits per heavy atom. The van der Waals surface area contributed by atoms with Crippen LogP contribution in [-0.4, -0.2) is 23.1 Å². The monoisotopic (exact) mass is 223 g/mol. The van der Waals surface area contributed by atoms with Crippen molar-refractivity contribution < 1.29 is 9.50 Å². The van der Waals surface area contributed by atoms with Crippen molar-refractivity contribution in [2.24, 2.45) is 0 Å². The van der Waals surface area contributed by atoms with Crippen LogP contribution in [0, 0.1) is 5.82 Å². The molecule has 0 radical (unpaired) electrons. The Hall–Kier alpha value is -0.930. The molecule has 1 heterocycles. The molecule has 2 nitrogen and oxygen atoms in total. The molecule has 1 saturated heterocycles. The lowest BCUT2D eigenvalue weighted by Crippen LogP contribution is -2.29. The summed E-state index contributed by atoms with van der Waals surface area (Å²) in [5, 5.41) is 9.02. The fourth-order valence-electron chi connectivity index (χ4n) is 2.21. The van der Waals surface area contributed by atoms with Crippen LogP contribution in [0.25, 0.3) is 0 Å². The lowest BCUT2D eigenvalue weighted by Gasteiger charge is -2.26. The third kappa shape index (κ3) is 2.80. The molecule has 3 heteroatoms. The summed E-state index contributed by atoms with van der Waals surface area (Å²) >= 11 is 0. The molecule has 16 heavy (non-hydrogen) atoms. The maximum Gasteiger partial charge on any atom is 0.127 e. The van der Waals surface area contributed by atoms with Gasteiger partial charge in [-0.25, -0.2) is 4.39 Å². The quantitative estimate of drug-likeness (QED) is 0.850. The van der Waals surface area contributed by atoms with Gasteiger partial charge in [-0.1, -0.05) is 12.5 Å². The van der Waals surface area contributed by atoms with E-state index in [9.17, 15) is 4.39 Å². The number of hydrogen-bond donors (Lipinski definition) is 1. The first kappa shape index (κ1) is 11.6. The van der Waals surface area contributed by atoms with E-state index in [0.717, 1.165) is 18.7 Å². The van der Waals surface area contributed by atoms with Crippen LogP contribution in [0.1, 0.15) is 30.4 Å². The Morgan fingerprint density at radius 3 is 2.62 bits per heavy atom. The predicted molar refractivity (Wildman–Crippen MR) is 61.5 cm³/mol. The molecule has 1 aromatic carbocycles. The first-order chi connectivity index (χ1) is 7.79. The van der Waals surface area contributed by atoms with Crippen LogP contribution in [0.3, 0.4) is 0 Å². The smallest absolute Gasteiger partial charge is 0.127 e. The van der Waals surface area contributed by atoms with Gasteiger partial charge in [0.2, 0.25) is 0 Å². The minimum atomic E-state index is -0.164. The summed E-state index contributed by atoms with van der Waals surface area (Å²) in [5.74, 6) is -0.164. The van der Waals surface area contributed by atoms with Gasteiger partial charge in [-0.2, -0.15) is 0 Å². The van der Waals surface area contributed by atoms with Crippen LogP contribution < -0.4 is 0 Å². The third-order valence-corrected chi connectivity index (χ3v) is 3.14. The average Bonchev–Trinajstić information content (AvgIpc) is 2.33. The minimum absolute atomic E-state index is 0.0206. The summed E-state index contributed by atoms with van der Waals surface area (Å²) in [6.45, 7) is 2.76. The molecule has 0 saturated carbocycles. The highest BCUT2D eigenvalue weighted by Crippen LogP contribution is 2.16. The highest BCUT2D eigenvalue weighted by Gasteiger charge is 2.12. The number of benzene rings is 1. The Kier molecular flexibility index (Phi) is 3.91. The minimum Gasteiger partial charge on any atom is -0.392 e. The van der Waals surface area contributed by atoms with Crippen LogP contribution in [0.5, 0.6) is 0 Å². The van der Waals surface area contributed by atoms with Gasteiger partial charge in [-0.15, -0.1) is 0 Å². The predicted octanol–water partition coefficient (Wildman–Crippen LogP) is 2.30. The molecule has 1 aromatic rings. The molecule has 1 N–H and O–H groups in total. The zero-order valence-electron chi connectivity index (χ0n) is 9.45. The molecule has 88 valence electrons. The number of piperidine rings is 1. The van der Waals surface area contributed by atoms with Gasteiger partial charge in [0, 0.05) is 12.1 Å². The maximum absolute atomic E-state index is 13.6. The molecule has 1 aliphatic heterocycles. The molecule has 2 rings (SSSR count). The Balaban J connectivity index is 2.06. The summed E-state index contributed by atoms with van der Waals surface area (Å²) in [6, 6.07) is 4.85. The highest BCUT2D eigenvalue weighted by molar-refractivity contribution is 5.24. The van der Waals surface area contributed by atoms with Crippen LogP contribution in [-0.2, 0) is 13.2 Å². The van der Waals surface area contributed by atoms with Gasteiger partial charge >= 0.3 is 0 Å². The van der Waals surface area contributed by atoms with E-state index in [-0.39, 0.29) is 12.4 Å². The number of hydrogen-bond acceptors (Lipinski definition) is 2. The first-order valence-electron chi connectivity index (χ1n) is 5.90. The zero-order valence-corrected chi connectivity index (χ0v) is 9.45. The normalized spacial score (nSPS) is 17.6. The van der Waals surface area contributed by atoms with Crippen molar-refractivity contribution in [3.63, 3.8) is 0 Å². The summed E-state index contributed by atoms with van der Waals surface area (Å²) in [6.07, 6.45) is 3.71. The second kappa shape index (κ2) is 5.41. The highest BCUT2D eigenvalue weighted by atomic mass is 19.1. The van der Waals surface area contributed by atoms with E-state index >= 15 is 0 Å². The zero-order chi connectivity index (χ0) is 11.4. The third-order valence-electron chi connectivity index (χ3n) is 3.14. The largest absolute Gasteiger partial charge is 0.392 e. The lowest BCUT2D eigenvalue weighted by atomic mass is 10.1. The van der Waals surface area contributed by atoms with Crippen molar-refractivity contribution in [2.75, 3.05) is 13.1 Å². The molecule has 0 aromatic heterocycles. The number of halogens is 1. The van der Waals surface area contributed by atoms with Crippen molar-refractivity contribution >= 4 is 0 Å². The molecule has 0 amide bonds. The Morgan fingerprint density at radius 1 is 1.19 bits per heavy atom. The average molecular weight is 223 g/mol. The summed E-state index contributed by atoms with van der Waals surface area (Å²) in [4.78, 5) is 2.28. The second-order valence-corrected chi connectivity index (χ2v) is 4.42. The van der Waals surface area contributed by atoms with Crippen LogP contribution in [0.15, 0.2) is 18.2 Å². The fourth-order valence-corrected chi connectivity index (χ4v) is 2.21. The van der Waals surface area contributed by atoms with E-state index in [4.69, 9.17) is 5.11 Å². The number of aliphatic hydroxyl groups excluding tert-OH is 1. The van der Waals surface area contributed by atoms with Crippen molar-refractivity contribution in [2.45, 2.75) is 32.4 Å². The Bertz CT molecular complexity index is 348. The van der Waals surface area contributed by atoms with E-state index in [1.165, 1.54) is 25.3 Å². The van der Waals surface area contributed by atoms with Gasteiger partial charge in [0.15, 0.2) is 0 Å². The second-order valence-electron chi connectivity index (χ2n) is 4.42. The standard InChI is InChI=1S/C13H18FNO/c14-13-5-4-11(10-16)8-12(13)9-15-6-2-1-3-7-15/h4-5,8,16H,1-3,6-7,9-10H2. The molecule has 0 bridgehead atoms. The first-order valence-corrected chi connectivity index (χ1v) is 5.90. The molecule has 0 spiro atoms. The Labute approximate surface area is 95.7 Å². The van der Waals surface area contributed by atoms with Gasteiger partial charge in [-0.05, 0) is 43.6 Å². The van der Waals surface area contributed by atoms with Crippen molar-refractivity contribution in [3.8, 4) is 0 Å². The van der Waals surface area contributed by atoms with Crippen LogP contribution >= 0.6 is 0 Å². The van der Waals surface area contributed by atoms with Gasteiger partial charge in [0.1, 0.15) is 5.82 Å². The van der Waals surface area contributed by atoms with Gasteiger partial charge in [0.05, 0.1) is 6.61 Å². The number of aliphatic hydroxyl groups is 1. The number of rotatable bonds is 3. The van der Waals surface area contributed by atoms with Gasteiger partial charge < -0.3 is 5.11 Å². The summed E-state index contributed by atoms with van der Waals surface area (Å²) < 4.78 is 13.6. The summed E-state index contributed by atoms with van der Waals surface area (Å²) in [7, 11) is 0. The van der Waals surface area contributed by atoms with E-state index < -0.39 is 0 Å². The van der Waals surface area contributed by atoms with E-state index in [2.05, 4.69) is 4.90 Å². The molecular weight excluding hydrogens is 205 g/mol. The van der Waals surface area contributed by atoms with Crippen molar-refractivity contribution in [1.29, 1.82) is 0 Å². The van der Waals surface area contributed by atoms with Crippen molar-refractivity contribution in [1.82, 2.24) is 4.90 Å². The van der Waals surface area contributed by atoms with E-state index in [1.807, 2.05) is 0 Å². The van der Waals surface area contributed by atoms with E-state index in [0.29, 0.717) is 12.1 Å². The van der Waals surface area contributed by atoms with Gasteiger partial charge in [-0.3, -0.25) is 4.90 Å². The molecule has 0 unspecified atom stereocenters. The van der Waals surface area contributed by atoms with Crippen molar-refractivity contribution in [3.05, 3.63) is 35.1 Å². The number of nitrogens with zero attached hydrogens (tertiary/aromatic N) is 1. The van der Waals surface area contributed by atoms with Crippen LogP contribution in [0.2, 0.25) is 0 Å². The van der Waals surface area contributed by atoms with Crippen LogP contribution in [0.4, 0.5) is 4.39 Å². The fraction of sp³-hybridized carbons (Fsp3) is 0.538. The topological polar surface area (TPSA) is 23.5 Å². The van der Waals surface area contributed by atoms with Gasteiger partial charge in [0.25, 0.3) is 0 Å². The molecule has 1 fully saturated rings. The summed E-state index contributed by atoms with van der Waals surface area (Å²) in [5.41, 5.74) is 1.49. The molecule has 0 atom stereocenters. The lowest BCUT2D eigenvalue weighted by molar-refractivity contribution is 0.218. The number of likely N-dealkylation sites (tertiary alicyclic amines) is 1.